The van der Waals surface area contributed by atoms with Crippen molar-refractivity contribution in [1.29, 1.82) is 0 Å². The number of aromatic amines is 2. The molecule has 0 saturated heterocycles. The lowest BCUT2D eigenvalue weighted by Crippen LogP contribution is -2.42. The first-order valence-corrected chi connectivity index (χ1v) is 18.8. The van der Waals surface area contributed by atoms with Gasteiger partial charge in [-0.1, -0.05) is 31.4 Å². The van der Waals surface area contributed by atoms with Crippen molar-refractivity contribution in [3.05, 3.63) is 106 Å². The maximum Gasteiger partial charge on any atom is 0.334 e. The Labute approximate surface area is 335 Å². The van der Waals surface area contributed by atoms with Gasteiger partial charge in [-0.2, -0.15) is 4.89 Å². The molecule has 0 saturated carbocycles. The van der Waals surface area contributed by atoms with Crippen molar-refractivity contribution >= 4 is 62.8 Å². The first kappa shape index (κ1) is 41.5. The molecule has 5 heterocycles. The van der Waals surface area contributed by atoms with Crippen LogP contribution in [0.2, 0.25) is 0 Å². The Morgan fingerprint density at radius 3 is 2.26 bits per heavy atom. The van der Waals surface area contributed by atoms with Crippen LogP contribution in [-0.2, 0) is 50.2 Å². The summed E-state index contributed by atoms with van der Waals surface area (Å²) in [6.45, 7) is 15.2. The van der Waals surface area contributed by atoms with Crippen LogP contribution in [0.4, 0.5) is 0 Å². The number of esters is 3. The minimum Gasteiger partial charge on any atom is -0.469 e. The summed E-state index contributed by atoms with van der Waals surface area (Å²) in [4.78, 5) is 67.5. The number of ether oxygens (including phenoxy) is 3. The van der Waals surface area contributed by atoms with Gasteiger partial charge in [-0.3, -0.25) is 14.6 Å². The van der Waals surface area contributed by atoms with E-state index in [9.17, 15) is 24.6 Å². The lowest BCUT2D eigenvalue weighted by Gasteiger charge is -2.36. The fourth-order valence-corrected chi connectivity index (χ4v) is 7.88. The molecular formula is C44H48N4O10. The largest absolute Gasteiger partial charge is 0.469 e. The number of carbonyl (C=O) groups excluding carboxylic acids is 3. The lowest BCUT2D eigenvalue weighted by molar-refractivity contribution is -0.266. The van der Waals surface area contributed by atoms with Gasteiger partial charge in [0.2, 0.25) is 0 Å². The van der Waals surface area contributed by atoms with Crippen LogP contribution in [0.1, 0.15) is 71.7 Å². The van der Waals surface area contributed by atoms with E-state index in [-0.39, 0.29) is 50.6 Å². The van der Waals surface area contributed by atoms with Gasteiger partial charge < -0.3 is 39.3 Å². The first-order chi connectivity index (χ1) is 27.8. The van der Waals surface area contributed by atoms with Crippen LogP contribution in [0.25, 0.3) is 44.9 Å². The number of aliphatic hydroxyl groups is 2. The monoisotopic (exact) mass is 792 g/mol. The Bertz CT molecular complexity index is 2470. The molecule has 6 rings (SSSR count). The van der Waals surface area contributed by atoms with Crippen molar-refractivity contribution in [3.63, 3.8) is 0 Å². The average molecular weight is 793 g/mol. The number of hydrogen-bond acceptors (Lipinski definition) is 12. The smallest absolute Gasteiger partial charge is 0.334 e. The number of rotatable bonds is 14. The Morgan fingerprint density at radius 1 is 0.879 bits per heavy atom. The number of H-pyrrole nitrogens is 2. The zero-order valence-corrected chi connectivity index (χ0v) is 33.5. The van der Waals surface area contributed by atoms with E-state index in [0.29, 0.717) is 45.8 Å². The number of aromatic nitrogens is 4. The third-order valence-electron chi connectivity index (χ3n) is 11.0. The van der Waals surface area contributed by atoms with Gasteiger partial charge in [-0.05, 0) is 91.8 Å². The summed E-state index contributed by atoms with van der Waals surface area (Å²) in [6, 6.07) is 7.62. The Hall–Kier alpha value is -6.09. The van der Waals surface area contributed by atoms with E-state index < -0.39 is 29.2 Å². The fraction of sp³-hybridized carbons (Fsp3) is 0.341. The molecule has 4 N–H and O–H groups in total. The van der Waals surface area contributed by atoms with Gasteiger partial charge in [0.1, 0.15) is 24.9 Å². The summed E-state index contributed by atoms with van der Waals surface area (Å²) in [5.41, 5.74) is 9.79. The van der Waals surface area contributed by atoms with Crippen molar-refractivity contribution in [1.82, 2.24) is 19.9 Å². The Morgan fingerprint density at radius 2 is 1.57 bits per heavy atom. The second kappa shape index (κ2) is 17.2. The second-order valence-corrected chi connectivity index (χ2v) is 14.3. The molecule has 58 heavy (non-hydrogen) atoms. The van der Waals surface area contributed by atoms with E-state index >= 15 is 0 Å². The number of fused-ring (bicyclic) bond motifs is 11. The normalized spacial score (nSPS) is 17.2. The maximum atomic E-state index is 13.8. The summed E-state index contributed by atoms with van der Waals surface area (Å²) in [6.07, 6.45) is 5.73. The predicted molar refractivity (Wildman–Crippen MR) is 218 cm³/mol. The minimum atomic E-state index is -1.19. The zero-order chi connectivity index (χ0) is 41.9. The highest BCUT2D eigenvalue weighted by molar-refractivity contribution is 6.02. The van der Waals surface area contributed by atoms with Gasteiger partial charge in [0.15, 0.2) is 0 Å². The van der Waals surface area contributed by atoms with E-state index in [1.54, 1.807) is 18.2 Å². The number of carbonyl (C=O) groups is 3. The molecule has 0 radical (unpaired) electrons. The number of aryl methyl sites for hydroxylation is 2. The molecule has 14 nitrogen and oxygen atoms in total. The van der Waals surface area contributed by atoms with Crippen LogP contribution in [-0.4, -0.2) is 88.7 Å². The summed E-state index contributed by atoms with van der Waals surface area (Å²) in [5, 5.41) is 18.4. The Kier molecular flexibility index (Phi) is 12.3. The van der Waals surface area contributed by atoms with Crippen LogP contribution >= 0.6 is 0 Å². The van der Waals surface area contributed by atoms with E-state index in [2.05, 4.69) is 23.1 Å². The van der Waals surface area contributed by atoms with Gasteiger partial charge in [0.25, 0.3) is 0 Å². The van der Waals surface area contributed by atoms with Crippen LogP contribution in [0.15, 0.2) is 60.9 Å². The SMILES string of the molecule is C=Cc1c(C)c2cc3nc(cc4[nH]c(cc5nc(cc1[nH]2)C(C)=C5CCC(=O)OCCO)c(CC(=C)OOCCO)c4C)[C@@]1(C)C3=CC=C(C(=O)OC)[C@H]1C(=O)OC. The number of nitrogens with zero attached hydrogens (tertiary/aromatic N) is 2. The second-order valence-electron chi connectivity index (χ2n) is 14.3. The third-order valence-corrected chi connectivity index (χ3v) is 11.0. The number of hydrogen-bond donors (Lipinski definition) is 4. The number of aliphatic hydroxyl groups excluding tert-OH is 2. The third kappa shape index (κ3) is 7.65. The standard InChI is InChI=1S/C44H48N4O10/c1-9-27-24(3)33-20-38-31-12-10-29(42(52)54-7)41(43(53)55-8)44(31,6)39(48-38)22-34-26(5)30(18-23(2)58-57-17-15-50)37(47-34)21-36-28(11-13-40(51)56-16-14-49)25(4)32(46-36)19-35(27)45-33/h9-10,12,19-22,41,45,47,49-50H,1-2,11,13-18H2,3-8H3/t41-,44+/m0/s1. The predicted octanol–water partition coefficient (Wildman–Crippen LogP) is 6.06. The molecule has 0 amide bonds. The van der Waals surface area contributed by atoms with Crippen molar-refractivity contribution in [2.45, 2.75) is 52.4 Å². The lowest BCUT2D eigenvalue weighted by atomic mass is 9.64. The Balaban J connectivity index is 1.71. The summed E-state index contributed by atoms with van der Waals surface area (Å²) in [5.74, 6) is -2.57. The van der Waals surface area contributed by atoms with Gasteiger partial charge in [-0.25, -0.2) is 9.78 Å². The van der Waals surface area contributed by atoms with Crippen LogP contribution < -0.4 is 0 Å². The molecule has 304 valence electrons. The minimum absolute atomic E-state index is 0.0496. The van der Waals surface area contributed by atoms with Crippen LogP contribution in [0.5, 0.6) is 0 Å². The summed E-state index contributed by atoms with van der Waals surface area (Å²) >= 11 is 0. The molecule has 2 aliphatic heterocycles. The molecule has 0 aromatic carbocycles. The molecule has 1 aliphatic carbocycles. The van der Waals surface area contributed by atoms with Gasteiger partial charge in [-0.15, -0.1) is 0 Å². The highest BCUT2D eigenvalue weighted by atomic mass is 17.2. The zero-order valence-electron chi connectivity index (χ0n) is 33.5. The van der Waals surface area contributed by atoms with Crippen molar-refractivity contribution in [2.24, 2.45) is 5.92 Å². The molecule has 3 aromatic rings. The number of allylic oxidation sites excluding steroid dienone is 6. The molecule has 0 spiro atoms. The molecule has 14 heteroatoms. The van der Waals surface area contributed by atoms with Crippen LogP contribution in [0, 0.1) is 19.8 Å². The molecule has 3 aliphatic rings. The highest BCUT2D eigenvalue weighted by Crippen LogP contribution is 2.52. The molecule has 0 unspecified atom stereocenters. The van der Waals surface area contributed by atoms with E-state index in [0.717, 1.165) is 44.4 Å². The van der Waals surface area contributed by atoms with Crippen molar-refractivity contribution in [3.8, 4) is 0 Å². The average Bonchev–Trinajstić information content (AvgIpc) is 3.86. The van der Waals surface area contributed by atoms with Gasteiger partial charge >= 0.3 is 17.9 Å². The van der Waals surface area contributed by atoms with Crippen LogP contribution in [0.3, 0.4) is 0 Å². The molecule has 8 bridgehead atoms. The van der Waals surface area contributed by atoms with Crippen molar-refractivity contribution < 1.29 is 48.6 Å². The molecule has 3 aromatic heterocycles. The van der Waals surface area contributed by atoms with Gasteiger partial charge in [0.05, 0.1) is 61.2 Å². The van der Waals surface area contributed by atoms with E-state index in [1.165, 1.54) is 14.2 Å². The highest BCUT2D eigenvalue weighted by Gasteiger charge is 2.53. The van der Waals surface area contributed by atoms with E-state index in [4.69, 9.17) is 34.0 Å². The summed E-state index contributed by atoms with van der Waals surface area (Å²) in [7, 11) is 2.55. The molecular weight excluding hydrogens is 745 g/mol. The van der Waals surface area contributed by atoms with Crippen molar-refractivity contribution in [2.75, 3.05) is 40.6 Å². The fourth-order valence-electron chi connectivity index (χ4n) is 7.88. The first-order valence-electron chi connectivity index (χ1n) is 18.8. The van der Waals surface area contributed by atoms with Gasteiger partial charge in [0, 0.05) is 40.5 Å². The molecule has 0 fully saturated rings. The summed E-state index contributed by atoms with van der Waals surface area (Å²) < 4.78 is 15.6. The number of methoxy groups -OCH3 is 2. The number of nitrogens with one attached hydrogen (secondary N) is 2. The topological polar surface area (TPSA) is 195 Å². The maximum absolute atomic E-state index is 13.8. The molecule has 2 atom stereocenters. The quantitative estimate of drug-likeness (QED) is 0.0369. The van der Waals surface area contributed by atoms with E-state index in [1.807, 2.05) is 52.0 Å².